The van der Waals surface area contributed by atoms with E-state index in [1.807, 2.05) is 11.8 Å². The minimum atomic E-state index is 0.190. The van der Waals surface area contributed by atoms with E-state index in [9.17, 15) is 0 Å². The second kappa shape index (κ2) is 5.74. The average molecular weight is 237 g/mol. The molecule has 0 aliphatic rings. The Bertz CT molecular complexity index is 314. The zero-order chi connectivity index (χ0) is 12.2. The molecule has 0 radical (unpaired) electrons. The molecule has 90 valence electrons. The van der Waals surface area contributed by atoms with Crippen molar-refractivity contribution in [1.82, 2.24) is 0 Å². The molecular formula is C14H23NS. The maximum Gasteiger partial charge on any atom is 0.00747 e. The normalized spacial score (nSPS) is 12.1. The molecule has 2 heteroatoms. The van der Waals surface area contributed by atoms with Gasteiger partial charge in [-0.1, -0.05) is 39.8 Å². The van der Waals surface area contributed by atoms with Crippen molar-refractivity contribution < 1.29 is 0 Å². The molecule has 0 saturated carbocycles. The molecule has 16 heavy (non-hydrogen) atoms. The molecule has 0 aliphatic heterocycles. The van der Waals surface area contributed by atoms with Gasteiger partial charge in [-0.15, -0.1) is 11.8 Å². The van der Waals surface area contributed by atoms with Crippen LogP contribution in [0, 0.1) is 0 Å². The molecule has 1 aromatic carbocycles. The third kappa shape index (κ3) is 3.84. The molecule has 0 saturated heterocycles. The molecule has 0 unspecified atom stereocenters. The molecule has 1 aromatic rings. The summed E-state index contributed by atoms with van der Waals surface area (Å²) in [6.45, 7) is 9.69. The van der Waals surface area contributed by atoms with E-state index in [0.29, 0.717) is 5.25 Å². The molecule has 0 aromatic heterocycles. The van der Waals surface area contributed by atoms with Gasteiger partial charge in [0.1, 0.15) is 0 Å². The lowest BCUT2D eigenvalue weighted by Crippen LogP contribution is -2.21. The van der Waals surface area contributed by atoms with Crippen LogP contribution in [0.3, 0.4) is 0 Å². The highest BCUT2D eigenvalue weighted by Gasteiger charge is 2.19. The predicted molar refractivity (Wildman–Crippen MR) is 74.1 cm³/mol. The third-order valence-electron chi connectivity index (χ3n) is 2.78. The molecule has 0 spiro atoms. The summed E-state index contributed by atoms with van der Waals surface area (Å²) in [6.07, 6.45) is 1.03. The van der Waals surface area contributed by atoms with Crippen molar-refractivity contribution in [3.8, 4) is 0 Å². The van der Waals surface area contributed by atoms with Crippen LogP contribution in [-0.2, 0) is 5.41 Å². The highest BCUT2D eigenvalue weighted by atomic mass is 32.2. The Morgan fingerprint density at radius 3 is 2.19 bits per heavy atom. The van der Waals surface area contributed by atoms with Crippen LogP contribution >= 0.6 is 11.8 Å². The number of nitrogens with two attached hydrogens (primary N) is 1. The van der Waals surface area contributed by atoms with Gasteiger partial charge in [-0.25, -0.2) is 0 Å². The number of hydrogen-bond acceptors (Lipinski definition) is 2. The van der Waals surface area contributed by atoms with Crippen molar-refractivity contribution in [3.63, 3.8) is 0 Å². The Balaban J connectivity index is 2.78. The maximum atomic E-state index is 5.64. The Morgan fingerprint density at radius 1 is 1.19 bits per heavy atom. The molecule has 1 nitrogen and oxygen atoms in total. The summed E-state index contributed by atoms with van der Waals surface area (Å²) in [4.78, 5) is 1.35. The van der Waals surface area contributed by atoms with Gasteiger partial charge in [-0.3, -0.25) is 0 Å². The molecule has 0 amide bonds. The lowest BCUT2D eigenvalue weighted by molar-refractivity contribution is 0.487. The Labute approximate surface area is 104 Å². The van der Waals surface area contributed by atoms with Crippen LogP contribution in [-0.4, -0.2) is 11.8 Å². The van der Waals surface area contributed by atoms with Crippen molar-refractivity contribution in [2.75, 3.05) is 6.54 Å². The summed E-state index contributed by atoms with van der Waals surface area (Å²) in [5.41, 5.74) is 7.21. The Kier molecular flexibility index (Phi) is 4.88. The lowest BCUT2D eigenvalue weighted by atomic mass is 9.82. The summed E-state index contributed by atoms with van der Waals surface area (Å²) in [7, 11) is 0. The van der Waals surface area contributed by atoms with Crippen LogP contribution in [0.5, 0.6) is 0 Å². The van der Waals surface area contributed by atoms with Crippen LogP contribution in [0.15, 0.2) is 29.2 Å². The molecule has 0 atom stereocenters. The van der Waals surface area contributed by atoms with Gasteiger partial charge in [0.25, 0.3) is 0 Å². The second-order valence-electron chi connectivity index (χ2n) is 5.11. The van der Waals surface area contributed by atoms with Crippen LogP contribution in [0.2, 0.25) is 0 Å². The van der Waals surface area contributed by atoms with Gasteiger partial charge in [0.15, 0.2) is 0 Å². The molecule has 2 N–H and O–H groups in total. The van der Waals surface area contributed by atoms with Crippen molar-refractivity contribution in [1.29, 1.82) is 0 Å². The molecule has 0 fully saturated rings. The highest BCUT2D eigenvalue weighted by molar-refractivity contribution is 7.99. The monoisotopic (exact) mass is 237 g/mol. The third-order valence-corrected chi connectivity index (χ3v) is 3.79. The van der Waals surface area contributed by atoms with Crippen molar-refractivity contribution >= 4 is 11.8 Å². The van der Waals surface area contributed by atoms with E-state index < -0.39 is 0 Å². The fourth-order valence-corrected chi connectivity index (χ4v) is 2.60. The minimum Gasteiger partial charge on any atom is -0.330 e. The molecule has 1 rings (SSSR count). The van der Waals surface area contributed by atoms with Crippen molar-refractivity contribution in [3.05, 3.63) is 29.8 Å². The van der Waals surface area contributed by atoms with Crippen LogP contribution < -0.4 is 5.73 Å². The summed E-state index contributed by atoms with van der Waals surface area (Å²) >= 11 is 1.91. The second-order valence-corrected chi connectivity index (χ2v) is 6.76. The Hall–Kier alpha value is -0.470. The van der Waals surface area contributed by atoms with Crippen LogP contribution in [0.1, 0.15) is 39.7 Å². The van der Waals surface area contributed by atoms with E-state index in [-0.39, 0.29) is 5.41 Å². The average Bonchev–Trinajstić information content (AvgIpc) is 2.17. The van der Waals surface area contributed by atoms with Gasteiger partial charge in [-0.05, 0) is 36.1 Å². The molecule has 0 bridgehead atoms. The SMILES string of the molecule is CC(C)Sc1ccc(C(C)(C)CCN)cc1. The first-order valence-corrected chi connectivity index (χ1v) is 6.81. The van der Waals surface area contributed by atoms with Gasteiger partial charge < -0.3 is 5.73 Å². The summed E-state index contributed by atoms with van der Waals surface area (Å²) in [5, 5.41) is 0.642. The van der Waals surface area contributed by atoms with Gasteiger partial charge in [0.05, 0.1) is 0 Å². The van der Waals surface area contributed by atoms with Crippen LogP contribution in [0.4, 0.5) is 0 Å². The first-order valence-electron chi connectivity index (χ1n) is 5.93. The quantitative estimate of drug-likeness (QED) is 0.788. The highest BCUT2D eigenvalue weighted by Crippen LogP contribution is 2.29. The van der Waals surface area contributed by atoms with E-state index in [2.05, 4.69) is 52.0 Å². The van der Waals surface area contributed by atoms with Gasteiger partial charge in [0, 0.05) is 10.1 Å². The maximum absolute atomic E-state index is 5.64. The molecule has 0 heterocycles. The van der Waals surface area contributed by atoms with E-state index in [1.165, 1.54) is 10.5 Å². The fourth-order valence-electron chi connectivity index (χ4n) is 1.76. The number of thioether (sulfide) groups is 1. The molecule has 0 aliphatic carbocycles. The number of rotatable bonds is 5. The van der Waals surface area contributed by atoms with Crippen LogP contribution in [0.25, 0.3) is 0 Å². The summed E-state index contributed by atoms with van der Waals surface area (Å²) in [5.74, 6) is 0. The standard InChI is InChI=1S/C14H23NS/c1-11(2)16-13-7-5-12(6-8-13)14(3,4)9-10-15/h5-8,11H,9-10,15H2,1-4H3. The van der Waals surface area contributed by atoms with Gasteiger partial charge in [0.2, 0.25) is 0 Å². The number of benzene rings is 1. The first-order chi connectivity index (χ1) is 7.45. The number of hydrogen-bond donors (Lipinski definition) is 1. The largest absolute Gasteiger partial charge is 0.330 e. The van der Waals surface area contributed by atoms with Crippen molar-refractivity contribution in [2.45, 2.75) is 49.7 Å². The smallest absolute Gasteiger partial charge is 0.00747 e. The topological polar surface area (TPSA) is 26.0 Å². The van der Waals surface area contributed by atoms with E-state index >= 15 is 0 Å². The Morgan fingerprint density at radius 2 is 1.75 bits per heavy atom. The summed E-state index contributed by atoms with van der Waals surface area (Å²) in [6, 6.07) is 8.91. The van der Waals surface area contributed by atoms with E-state index in [0.717, 1.165) is 13.0 Å². The fraction of sp³-hybridized carbons (Fsp3) is 0.571. The summed E-state index contributed by atoms with van der Waals surface area (Å²) < 4.78 is 0. The van der Waals surface area contributed by atoms with E-state index in [4.69, 9.17) is 5.73 Å². The van der Waals surface area contributed by atoms with Gasteiger partial charge >= 0.3 is 0 Å². The van der Waals surface area contributed by atoms with Crippen molar-refractivity contribution in [2.24, 2.45) is 5.73 Å². The zero-order valence-corrected chi connectivity index (χ0v) is 11.6. The predicted octanol–water partition coefficient (Wildman–Crippen LogP) is 3.81. The lowest BCUT2D eigenvalue weighted by Gasteiger charge is -2.24. The molecular weight excluding hydrogens is 214 g/mol. The first kappa shape index (κ1) is 13.6. The zero-order valence-electron chi connectivity index (χ0n) is 10.8. The van der Waals surface area contributed by atoms with E-state index in [1.54, 1.807) is 0 Å². The van der Waals surface area contributed by atoms with Gasteiger partial charge in [-0.2, -0.15) is 0 Å². The minimum absolute atomic E-state index is 0.190.